The Kier molecular flexibility index (Phi) is 5.23. The molecular formula is C7H8FN3O2S. The smallest absolute Gasteiger partial charge is 0.225 e. The summed E-state index contributed by atoms with van der Waals surface area (Å²) in [5, 5.41) is 1.69. The van der Waals surface area contributed by atoms with Crippen molar-refractivity contribution in [3.05, 3.63) is 42.7 Å². The maximum atomic E-state index is 11.6. The Morgan fingerprint density at radius 2 is 1.64 bits per heavy atom. The highest BCUT2D eigenvalue weighted by Crippen LogP contribution is 1.87. The largest absolute Gasteiger partial charge is 0.311 e. The summed E-state index contributed by atoms with van der Waals surface area (Å²) in [6.07, 6.45) is 1.46. The molecule has 7 heteroatoms. The SMILES string of the molecule is C=CS(=O)(=O)C=C.Fc1ncncn1. The van der Waals surface area contributed by atoms with Crippen molar-refractivity contribution in [3.63, 3.8) is 0 Å². The van der Waals surface area contributed by atoms with Crippen LogP contribution in [-0.4, -0.2) is 23.4 Å². The normalized spacial score (nSPS) is 9.50. The van der Waals surface area contributed by atoms with Gasteiger partial charge in [0, 0.05) is 10.8 Å². The Morgan fingerprint density at radius 1 is 1.21 bits per heavy atom. The second-order valence-corrected chi connectivity index (χ2v) is 3.67. The second-order valence-electron chi connectivity index (χ2n) is 1.83. The highest BCUT2D eigenvalue weighted by molar-refractivity contribution is 7.97. The highest BCUT2D eigenvalue weighted by atomic mass is 32.2. The fourth-order valence-electron chi connectivity index (χ4n) is 0.293. The molecule has 0 N–H and O–H groups in total. The van der Waals surface area contributed by atoms with E-state index in [1.54, 1.807) is 0 Å². The van der Waals surface area contributed by atoms with E-state index in [9.17, 15) is 12.8 Å². The Morgan fingerprint density at radius 3 is 1.79 bits per heavy atom. The summed E-state index contributed by atoms with van der Waals surface area (Å²) in [4.78, 5) is 9.56. The topological polar surface area (TPSA) is 72.8 Å². The first-order chi connectivity index (χ1) is 6.52. The maximum Gasteiger partial charge on any atom is 0.311 e. The van der Waals surface area contributed by atoms with E-state index in [0.717, 1.165) is 23.5 Å². The third-order valence-electron chi connectivity index (χ3n) is 0.926. The first-order valence-electron chi connectivity index (χ1n) is 3.29. The fourth-order valence-corrected chi connectivity index (χ4v) is 0.429. The van der Waals surface area contributed by atoms with Crippen molar-refractivity contribution in [1.82, 2.24) is 15.0 Å². The summed E-state index contributed by atoms with van der Waals surface area (Å²) in [7, 11) is -3.13. The Balaban J connectivity index is 0.000000241. The summed E-state index contributed by atoms with van der Waals surface area (Å²) >= 11 is 0. The highest BCUT2D eigenvalue weighted by Gasteiger charge is 1.90. The molecule has 0 radical (unpaired) electrons. The Bertz CT molecular complexity index is 377. The van der Waals surface area contributed by atoms with E-state index in [1.807, 2.05) is 0 Å². The number of rotatable bonds is 2. The minimum Gasteiger partial charge on any atom is -0.225 e. The quantitative estimate of drug-likeness (QED) is 0.729. The van der Waals surface area contributed by atoms with Crippen molar-refractivity contribution < 1.29 is 12.8 Å². The van der Waals surface area contributed by atoms with E-state index in [2.05, 4.69) is 28.1 Å². The lowest BCUT2D eigenvalue weighted by atomic mass is 11.1. The molecule has 0 fully saturated rings. The number of nitrogens with zero attached hydrogens (tertiary/aromatic N) is 3. The molecule has 1 aromatic heterocycles. The minimum atomic E-state index is -3.13. The van der Waals surface area contributed by atoms with Gasteiger partial charge in [0.05, 0.1) is 0 Å². The summed E-state index contributed by atoms with van der Waals surface area (Å²) in [5.74, 6) is 0. The van der Waals surface area contributed by atoms with Crippen LogP contribution in [0.1, 0.15) is 0 Å². The molecule has 0 saturated heterocycles. The number of hydrogen-bond acceptors (Lipinski definition) is 5. The van der Waals surface area contributed by atoms with Gasteiger partial charge >= 0.3 is 6.08 Å². The molecule has 0 aliphatic rings. The molecule has 0 bridgehead atoms. The molecule has 0 atom stereocenters. The molecule has 14 heavy (non-hydrogen) atoms. The first-order valence-corrected chi connectivity index (χ1v) is 4.90. The summed E-state index contributed by atoms with van der Waals surface area (Å²) in [5.41, 5.74) is 0. The predicted molar refractivity (Wildman–Crippen MR) is 49.1 cm³/mol. The van der Waals surface area contributed by atoms with E-state index in [4.69, 9.17) is 0 Å². The lowest BCUT2D eigenvalue weighted by molar-refractivity contribution is 0.532. The van der Waals surface area contributed by atoms with Gasteiger partial charge in [0.15, 0.2) is 9.84 Å². The zero-order valence-corrected chi connectivity index (χ0v) is 7.98. The lowest BCUT2D eigenvalue weighted by Crippen LogP contribution is -1.85. The van der Waals surface area contributed by atoms with E-state index >= 15 is 0 Å². The molecule has 0 amide bonds. The van der Waals surface area contributed by atoms with Gasteiger partial charge in [-0.2, -0.15) is 14.4 Å². The van der Waals surface area contributed by atoms with Crippen LogP contribution in [0.3, 0.4) is 0 Å². The van der Waals surface area contributed by atoms with Crippen molar-refractivity contribution in [1.29, 1.82) is 0 Å². The van der Waals surface area contributed by atoms with Crippen LogP contribution < -0.4 is 0 Å². The molecule has 1 aromatic rings. The maximum absolute atomic E-state index is 11.6. The lowest BCUT2D eigenvalue weighted by Gasteiger charge is -1.78. The van der Waals surface area contributed by atoms with Crippen LogP contribution in [0, 0.1) is 6.08 Å². The molecule has 0 aliphatic carbocycles. The molecule has 1 heterocycles. The fraction of sp³-hybridized carbons (Fsp3) is 0. The third-order valence-corrected chi connectivity index (χ3v) is 1.86. The molecule has 0 saturated carbocycles. The molecule has 1 rings (SSSR count). The standard InChI is InChI=1S/C4H6O2S.C3H2FN3/c1-3-7(5,6)4-2;4-3-6-1-5-2-7-3/h3-4H,1-2H2;1-2H. The van der Waals surface area contributed by atoms with Gasteiger partial charge in [0.2, 0.25) is 0 Å². The number of aromatic nitrogens is 3. The van der Waals surface area contributed by atoms with Crippen molar-refractivity contribution in [3.8, 4) is 0 Å². The average Bonchev–Trinajstić information content (AvgIpc) is 2.20. The molecule has 0 unspecified atom stereocenters. The van der Waals surface area contributed by atoms with E-state index in [1.165, 1.54) is 0 Å². The molecule has 5 nitrogen and oxygen atoms in total. The Labute approximate surface area is 81.0 Å². The summed E-state index contributed by atoms with van der Waals surface area (Å²) in [6.45, 7) is 6.09. The van der Waals surface area contributed by atoms with Gasteiger partial charge in [-0.05, 0) is 0 Å². The number of halogens is 1. The summed E-state index contributed by atoms with van der Waals surface area (Å²) < 4.78 is 31.9. The molecule has 76 valence electrons. The van der Waals surface area contributed by atoms with Crippen molar-refractivity contribution in [2.75, 3.05) is 0 Å². The van der Waals surface area contributed by atoms with Crippen LogP contribution in [0.4, 0.5) is 4.39 Å². The van der Waals surface area contributed by atoms with E-state index < -0.39 is 15.9 Å². The van der Waals surface area contributed by atoms with Gasteiger partial charge in [0.1, 0.15) is 12.7 Å². The monoisotopic (exact) mass is 217 g/mol. The Hall–Kier alpha value is -1.63. The molecule has 0 aliphatic heterocycles. The van der Waals surface area contributed by atoms with Gasteiger partial charge in [-0.25, -0.2) is 13.4 Å². The van der Waals surface area contributed by atoms with Gasteiger partial charge in [0.25, 0.3) is 0 Å². The van der Waals surface area contributed by atoms with E-state index in [0.29, 0.717) is 0 Å². The van der Waals surface area contributed by atoms with Crippen molar-refractivity contribution in [2.45, 2.75) is 0 Å². The van der Waals surface area contributed by atoms with Gasteiger partial charge < -0.3 is 0 Å². The van der Waals surface area contributed by atoms with Crippen LogP contribution in [-0.2, 0) is 9.84 Å². The van der Waals surface area contributed by atoms with Crippen LogP contribution in [0.5, 0.6) is 0 Å². The number of sulfone groups is 1. The predicted octanol–water partition coefficient (Wildman–Crippen LogP) is 0.699. The van der Waals surface area contributed by atoms with Gasteiger partial charge in [-0.1, -0.05) is 13.2 Å². The first kappa shape index (κ1) is 12.4. The zero-order valence-electron chi connectivity index (χ0n) is 7.17. The van der Waals surface area contributed by atoms with Gasteiger partial charge in [-0.3, -0.25) is 0 Å². The third kappa shape index (κ3) is 5.95. The zero-order chi connectivity index (χ0) is 11.0. The second kappa shape index (κ2) is 5.92. The van der Waals surface area contributed by atoms with Crippen molar-refractivity contribution >= 4 is 9.84 Å². The van der Waals surface area contributed by atoms with Crippen LogP contribution in [0.25, 0.3) is 0 Å². The van der Waals surface area contributed by atoms with E-state index in [-0.39, 0.29) is 0 Å². The summed E-state index contributed by atoms with van der Waals surface area (Å²) in [6, 6.07) is 0. The van der Waals surface area contributed by atoms with Crippen LogP contribution in [0.15, 0.2) is 36.6 Å². The molecule has 0 aromatic carbocycles. The average molecular weight is 217 g/mol. The minimum absolute atomic E-state index is 0.741. The molecule has 0 spiro atoms. The van der Waals surface area contributed by atoms with Gasteiger partial charge in [-0.15, -0.1) is 0 Å². The molecular weight excluding hydrogens is 209 g/mol. The van der Waals surface area contributed by atoms with Crippen molar-refractivity contribution in [2.24, 2.45) is 0 Å². The number of hydrogen-bond donors (Lipinski definition) is 0. The van der Waals surface area contributed by atoms with Crippen LogP contribution in [0.2, 0.25) is 0 Å². The van der Waals surface area contributed by atoms with Crippen LogP contribution >= 0.6 is 0 Å².